The molecule has 0 aliphatic carbocycles. The van der Waals surface area contributed by atoms with E-state index in [-0.39, 0.29) is 10.8 Å². The van der Waals surface area contributed by atoms with Crippen molar-refractivity contribution in [3.8, 4) is 0 Å². The van der Waals surface area contributed by atoms with Crippen molar-refractivity contribution in [1.29, 1.82) is 0 Å². The minimum atomic E-state index is -3.62. The van der Waals surface area contributed by atoms with Crippen LogP contribution >= 0.6 is 0 Å². The van der Waals surface area contributed by atoms with E-state index < -0.39 is 27.9 Å². The van der Waals surface area contributed by atoms with Gasteiger partial charge in [-0.3, -0.25) is 9.59 Å². The van der Waals surface area contributed by atoms with Crippen molar-refractivity contribution in [2.75, 3.05) is 24.6 Å². The number of anilines is 2. The summed E-state index contributed by atoms with van der Waals surface area (Å²) in [5.74, 6) is -0.875. The molecule has 2 atom stereocenters. The van der Waals surface area contributed by atoms with Crippen LogP contribution in [-0.4, -0.2) is 43.7 Å². The molecule has 2 heterocycles. The van der Waals surface area contributed by atoms with E-state index in [9.17, 15) is 18.0 Å². The first kappa shape index (κ1) is 22.7. The Bertz CT molecular complexity index is 1100. The number of aromatic nitrogens is 1. The van der Waals surface area contributed by atoms with E-state index in [0.29, 0.717) is 35.6 Å². The molecule has 0 saturated carbocycles. The van der Waals surface area contributed by atoms with E-state index in [0.717, 1.165) is 6.42 Å². The summed E-state index contributed by atoms with van der Waals surface area (Å²) in [6.45, 7) is 4.18. The van der Waals surface area contributed by atoms with Gasteiger partial charge in [0, 0.05) is 6.54 Å². The van der Waals surface area contributed by atoms with Crippen LogP contribution in [0.4, 0.5) is 11.5 Å². The van der Waals surface area contributed by atoms with E-state index in [1.807, 2.05) is 6.92 Å². The lowest BCUT2D eigenvalue weighted by Gasteiger charge is -2.38. The molecule has 0 bridgehead atoms. The van der Waals surface area contributed by atoms with Gasteiger partial charge in [0.1, 0.15) is 5.82 Å². The monoisotopic (exact) mass is 445 g/mol. The van der Waals surface area contributed by atoms with Crippen molar-refractivity contribution in [3.05, 3.63) is 47.7 Å². The molecule has 1 aliphatic heterocycles. The molecular formula is C21H27N5O4S. The SMILES string of the molecule is CNS(=O)(=O)c1cccc([C@@H]2CC[C@@H](C)CN2C(=O)C(=O)Nc2cnc(N)c(C)c2)c1. The van der Waals surface area contributed by atoms with E-state index >= 15 is 0 Å². The average Bonchev–Trinajstić information content (AvgIpc) is 2.75. The number of rotatable bonds is 4. The van der Waals surface area contributed by atoms with Crippen LogP contribution in [0.1, 0.15) is 36.9 Å². The number of piperidine rings is 1. The van der Waals surface area contributed by atoms with Gasteiger partial charge >= 0.3 is 11.8 Å². The number of hydrogen-bond acceptors (Lipinski definition) is 6. The van der Waals surface area contributed by atoms with Crippen LogP contribution in [0.2, 0.25) is 0 Å². The highest BCUT2D eigenvalue weighted by molar-refractivity contribution is 7.89. The second-order valence-electron chi connectivity index (χ2n) is 7.82. The number of carbonyl (C=O) groups is 2. The summed E-state index contributed by atoms with van der Waals surface area (Å²) in [6, 6.07) is 7.72. The molecule has 1 aromatic carbocycles. The predicted octanol–water partition coefficient (Wildman–Crippen LogP) is 1.82. The highest BCUT2D eigenvalue weighted by atomic mass is 32.2. The molecule has 3 rings (SSSR count). The zero-order chi connectivity index (χ0) is 22.8. The highest BCUT2D eigenvalue weighted by Crippen LogP contribution is 2.34. The number of hydrogen-bond donors (Lipinski definition) is 3. The molecule has 0 spiro atoms. The fourth-order valence-electron chi connectivity index (χ4n) is 3.70. The van der Waals surface area contributed by atoms with Gasteiger partial charge in [-0.15, -0.1) is 0 Å². The zero-order valence-corrected chi connectivity index (χ0v) is 18.6. The van der Waals surface area contributed by atoms with Crippen molar-refractivity contribution in [3.63, 3.8) is 0 Å². The summed E-state index contributed by atoms with van der Waals surface area (Å²) < 4.78 is 26.7. The number of nitrogen functional groups attached to an aromatic ring is 1. The molecule has 31 heavy (non-hydrogen) atoms. The third-order valence-electron chi connectivity index (χ3n) is 5.47. The first-order valence-corrected chi connectivity index (χ1v) is 11.5. The Balaban J connectivity index is 1.86. The number of nitrogens with one attached hydrogen (secondary N) is 2. The maximum Gasteiger partial charge on any atom is 0.313 e. The van der Waals surface area contributed by atoms with Crippen LogP contribution in [0.3, 0.4) is 0 Å². The normalized spacial score (nSPS) is 19.1. The summed E-state index contributed by atoms with van der Waals surface area (Å²) in [5.41, 5.74) is 7.45. The fourth-order valence-corrected chi connectivity index (χ4v) is 4.48. The van der Waals surface area contributed by atoms with Gasteiger partial charge in [-0.2, -0.15) is 0 Å². The summed E-state index contributed by atoms with van der Waals surface area (Å²) in [6.07, 6.45) is 2.89. The Labute approximate surface area is 182 Å². The Morgan fingerprint density at radius 1 is 1.23 bits per heavy atom. The number of pyridine rings is 1. The standard InChI is InChI=1S/C21H27N5O4S/c1-13-7-8-18(15-5-4-6-17(10-15)31(29,30)23-3)26(12-13)21(28)20(27)25-16-9-14(2)19(22)24-11-16/h4-6,9-11,13,18,23H,7-8,12H2,1-3H3,(H2,22,24)(H,25,27)/t13-,18+/m1/s1. The van der Waals surface area contributed by atoms with Gasteiger partial charge in [0.25, 0.3) is 0 Å². The molecule has 1 aliphatic rings. The minimum absolute atomic E-state index is 0.117. The lowest BCUT2D eigenvalue weighted by Crippen LogP contribution is -2.46. The molecular weight excluding hydrogens is 418 g/mol. The summed E-state index contributed by atoms with van der Waals surface area (Å²) in [4.78, 5) is 31.4. The van der Waals surface area contributed by atoms with Gasteiger partial charge in [-0.1, -0.05) is 19.1 Å². The second-order valence-corrected chi connectivity index (χ2v) is 9.70. The third kappa shape index (κ3) is 5.02. The number of aryl methyl sites for hydroxylation is 1. The van der Waals surface area contributed by atoms with Crippen molar-refractivity contribution in [2.45, 2.75) is 37.6 Å². The molecule has 1 aromatic heterocycles. The predicted molar refractivity (Wildman–Crippen MR) is 118 cm³/mol. The van der Waals surface area contributed by atoms with Crippen LogP contribution in [-0.2, 0) is 19.6 Å². The molecule has 1 fully saturated rings. The quantitative estimate of drug-likeness (QED) is 0.615. The fraction of sp³-hybridized carbons (Fsp3) is 0.381. The van der Waals surface area contributed by atoms with Crippen molar-refractivity contribution < 1.29 is 18.0 Å². The number of nitrogens with two attached hydrogens (primary N) is 1. The molecule has 2 amide bonds. The summed E-state index contributed by atoms with van der Waals surface area (Å²) >= 11 is 0. The number of nitrogens with zero attached hydrogens (tertiary/aromatic N) is 2. The highest BCUT2D eigenvalue weighted by Gasteiger charge is 2.34. The van der Waals surface area contributed by atoms with Crippen LogP contribution in [0.15, 0.2) is 41.4 Å². The molecule has 4 N–H and O–H groups in total. The number of sulfonamides is 1. The van der Waals surface area contributed by atoms with Gasteiger partial charge in [0.05, 0.1) is 22.8 Å². The molecule has 1 saturated heterocycles. The van der Waals surface area contributed by atoms with E-state index in [2.05, 4.69) is 15.0 Å². The van der Waals surface area contributed by atoms with Crippen molar-refractivity contribution >= 4 is 33.3 Å². The molecule has 0 unspecified atom stereocenters. The Kier molecular flexibility index (Phi) is 6.61. The molecule has 0 radical (unpaired) electrons. The topological polar surface area (TPSA) is 134 Å². The number of benzene rings is 1. The van der Waals surface area contributed by atoms with Crippen LogP contribution in [0.5, 0.6) is 0 Å². The first-order valence-electron chi connectivity index (χ1n) is 10.00. The Hall–Kier alpha value is -2.98. The summed E-state index contributed by atoms with van der Waals surface area (Å²) in [5, 5.41) is 2.58. The average molecular weight is 446 g/mol. The number of likely N-dealkylation sites (tertiary alicyclic amines) is 1. The Morgan fingerprint density at radius 2 is 1.97 bits per heavy atom. The molecule has 10 heteroatoms. The lowest BCUT2D eigenvalue weighted by atomic mass is 9.90. The maximum absolute atomic E-state index is 13.1. The van der Waals surface area contributed by atoms with Crippen LogP contribution in [0, 0.1) is 12.8 Å². The van der Waals surface area contributed by atoms with Crippen LogP contribution < -0.4 is 15.8 Å². The number of carbonyl (C=O) groups excluding carboxylic acids is 2. The summed E-state index contributed by atoms with van der Waals surface area (Å²) in [7, 11) is -2.28. The van der Waals surface area contributed by atoms with Gasteiger partial charge < -0.3 is 16.0 Å². The Morgan fingerprint density at radius 3 is 2.65 bits per heavy atom. The third-order valence-corrected chi connectivity index (χ3v) is 6.88. The van der Waals surface area contributed by atoms with Crippen molar-refractivity contribution in [1.82, 2.24) is 14.6 Å². The molecule has 9 nitrogen and oxygen atoms in total. The zero-order valence-electron chi connectivity index (χ0n) is 17.8. The van der Waals surface area contributed by atoms with Crippen molar-refractivity contribution in [2.24, 2.45) is 5.92 Å². The van der Waals surface area contributed by atoms with Gasteiger partial charge in [-0.05, 0) is 62.1 Å². The smallest absolute Gasteiger partial charge is 0.313 e. The lowest BCUT2D eigenvalue weighted by molar-refractivity contribution is -0.146. The maximum atomic E-state index is 13.1. The van der Waals surface area contributed by atoms with Gasteiger partial charge in [-0.25, -0.2) is 18.1 Å². The van der Waals surface area contributed by atoms with E-state index in [1.54, 1.807) is 31.2 Å². The first-order chi connectivity index (χ1) is 14.6. The largest absolute Gasteiger partial charge is 0.383 e. The van der Waals surface area contributed by atoms with E-state index in [1.165, 1.54) is 24.2 Å². The molecule has 2 aromatic rings. The van der Waals surface area contributed by atoms with Gasteiger partial charge in [0.2, 0.25) is 10.0 Å². The van der Waals surface area contributed by atoms with E-state index in [4.69, 9.17) is 5.73 Å². The second kappa shape index (κ2) is 9.03. The van der Waals surface area contributed by atoms with Gasteiger partial charge in [0.15, 0.2) is 0 Å². The van der Waals surface area contributed by atoms with Crippen LogP contribution in [0.25, 0.3) is 0 Å². The molecule has 166 valence electrons. The minimum Gasteiger partial charge on any atom is -0.383 e. The number of amides is 2.